The van der Waals surface area contributed by atoms with Gasteiger partial charge in [0.2, 0.25) is 9.84 Å². The van der Waals surface area contributed by atoms with Gasteiger partial charge in [-0.05, 0) is 24.6 Å². The molecule has 1 heterocycles. The van der Waals surface area contributed by atoms with Crippen molar-refractivity contribution in [2.24, 2.45) is 10.9 Å². The molecule has 0 aliphatic carbocycles. The summed E-state index contributed by atoms with van der Waals surface area (Å²) in [7, 11) is -4.03. The Labute approximate surface area is 202 Å². The van der Waals surface area contributed by atoms with Crippen LogP contribution in [0.25, 0.3) is 5.76 Å². The zero-order valence-corrected chi connectivity index (χ0v) is 19.6. The number of ether oxygens (including phenoxy) is 1. The van der Waals surface area contributed by atoms with Gasteiger partial charge in [-0.1, -0.05) is 59.8 Å². The van der Waals surface area contributed by atoms with Crippen LogP contribution in [0.4, 0.5) is 5.69 Å². The van der Waals surface area contributed by atoms with Gasteiger partial charge in [-0.3, -0.25) is 10.1 Å². The number of amidine groups is 1. The Balaban J connectivity index is 1.78. The summed E-state index contributed by atoms with van der Waals surface area (Å²) in [5.74, 6) is 0.123. The number of hydrogen-bond donors (Lipinski definition) is 2. The Bertz CT molecular complexity index is 1420. The van der Waals surface area contributed by atoms with Crippen LogP contribution < -0.4 is 5.73 Å². The minimum absolute atomic E-state index is 0.0589. The molecule has 1 atom stereocenters. The molecule has 0 saturated carbocycles. The summed E-state index contributed by atoms with van der Waals surface area (Å²) in [5.41, 5.74) is 6.56. The van der Waals surface area contributed by atoms with Gasteiger partial charge in [-0.25, -0.2) is 8.42 Å². The first kappa shape index (κ1) is 24.0. The molecule has 1 aliphatic heterocycles. The highest BCUT2D eigenvalue weighted by Gasteiger charge is 2.43. The minimum Gasteiger partial charge on any atom is -0.485 e. The van der Waals surface area contributed by atoms with Crippen molar-refractivity contribution in [2.75, 3.05) is 0 Å². The van der Waals surface area contributed by atoms with E-state index < -0.39 is 20.4 Å². The van der Waals surface area contributed by atoms with Gasteiger partial charge in [0.1, 0.15) is 11.4 Å². The Kier molecular flexibility index (Phi) is 6.31. The van der Waals surface area contributed by atoms with Crippen molar-refractivity contribution < 1.29 is 23.3 Å². The van der Waals surface area contributed by atoms with Crippen LogP contribution in [0.2, 0.25) is 0 Å². The standard InChI is InChI=1S/C25H23N3O6S/c1-25(15-17-5-3-2-4-6-17)16-22(35(32,33)21-13-11-20(12-14-21)28(30)31)23(34-25)18-7-9-19(10-8-18)24(26)27-29/h2-14,29H,15-16H2,1H3,(H2,26,27). The van der Waals surface area contributed by atoms with Gasteiger partial charge in [-0.2, -0.15) is 0 Å². The zero-order chi connectivity index (χ0) is 25.2. The molecule has 0 fully saturated rings. The van der Waals surface area contributed by atoms with Crippen LogP contribution in [0, 0.1) is 10.1 Å². The molecule has 3 N–H and O–H groups in total. The second kappa shape index (κ2) is 9.22. The maximum Gasteiger partial charge on any atom is 0.269 e. The van der Waals surface area contributed by atoms with E-state index >= 15 is 0 Å². The average molecular weight is 494 g/mol. The Hall–Kier alpha value is -4.18. The fourth-order valence-corrected chi connectivity index (χ4v) is 5.74. The lowest BCUT2D eigenvalue weighted by Gasteiger charge is -2.25. The van der Waals surface area contributed by atoms with E-state index in [1.165, 1.54) is 12.1 Å². The summed E-state index contributed by atoms with van der Waals surface area (Å²) in [5, 5.41) is 22.9. The topological polar surface area (TPSA) is 145 Å². The van der Waals surface area contributed by atoms with Crippen LogP contribution in [-0.2, 0) is 21.0 Å². The number of nitrogens with two attached hydrogens (primary N) is 1. The summed E-state index contributed by atoms with van der Waals surface area (Å²) in [6.07, 6.45) is 0.581. The number of nitro groups is 1. The van der Waals surface area contributed by atoms with Gasteiger partial charge in [0.15, 0.2) is 5.84 Å². The molecule has 0 aromatic heterocycles. The summed E-state index contributed by atoms with van der Waals surface area (Å²) in [6, 6.07) is 20.9. The summed E-state index contributed by atoms with van der Waals surface area (Å²) < 4.78 is 33.7. The van der Waals surface area contributed by atoms with Gasteiger partial charge in [0.25, 0.3) is 5.69 Å². The molecule has 1 unspecified atom stereocenters. The molecule has 3 aromatic carbocycles. The molecule has 10 heteroatoms. The third-order valence-corrected chi connectivity index (χ3v) is 7.66. The number of hydrogen-bond acceptors (Lipinski definition) is 7. The Morgan fingerprint density at radius 3 is 2.29 bits per heavy atom. The number of benzene rings is 3. The normalized spacial score (nSPS) is 18.4. The van der Waals surface area contributed by atoms with Crippen molar-refractivity contribution in [3.63, 3.8) is 0 Å². The van der Waals surface area contributed by atoms with E-state index in [2.05, 4.69) is 5.16 Å². The zero-order valence-electron chi connectivity index (χ0n) is 18.8. The second-order valence-corrected chi connectivity index (χ2v) is 10.4. The molecule has 0 spiro atoms. The first-order chi connectivity index (χ1) is 16.6. The monoisotopic (exact) mass is 493 g/mol. The van der Waals surface area contributed by atoms with Crippen LogP contribution in [0.1, 0.15) is 30.0 Å². The molecule has 4 rings (SSSR count). The van der Waals surface area contributed by atoms with Gasteiger partial charge < -0.3 is 15.7 Å². The third-order valence-electron chi connectivity index (χ3n) is 5.79. The first-order valence-electron chi connectivity index (χ1n) is 10.7. The largest absolute Gasteiger partial charge is 0.485 e. The number of rotatable bonds is 7. The van der Waals surface area contributed by atoms with E-state index in [1.54, 1.807) is 24.3 Å². The highest BCUT2D eigenvalue weighted by Crippen LogP contribution is 2.45. The lowest BCUT2D eigenvalue weighted by molar-refractivity contribution is -0.384. The quantitative estimate of drug-likeness (QED) is 0.164. The van der Waals surface area contributed by atoms with Crippen molar-refractivity contribution >= 4 is 27.1 Å². The van der Waals surface area contributed by atoms with Crippen molar-refractivity contribution in [2.45, 2.75) is 30.3 Å². The number of oxime groups is 1. The molecule has 0 radical (unpaired) electrons. The van der Waals surface area contributed by atoms with Crippen molar-refractivity contribution in [3.05, 3.63) is 111 Å². The maximum atomic E-state index is 13.7. The molecular formula is C25H23N3O6S. The Morgan fingerprint density at radius 2 is 1.71 bits per heavy atom. The van der Waals surface area contributed by atoms with E-state index in [0.717, 1.165) is 17.7 Å². The molecule has 180 valence electrons. The van der Waals surface area contributed by atoms with Crippen molar-refractivity contribution in [1.29, 1.82) is 0 Å². The summed E-state index contributed by atoms with van der Waals surface area (Å²) in [6.45, 7) is 1.85. The van der Waals surface area contributed by atoms with Crippen LogP contribution in [0.15, 0.2) is 93.8 Å². The van der Waals surface area contributed by atoms with E-state index in [9.17, 15) is 18.5 Å². The van der Waals surface area contributed by atoms with Gasteiger partial charge >= 0.3 is 0 Å². The third kappa shape index (κ3) is 4.87. The number of nitrogens with zero attached hydrogens (tertiary/aromatic N) is 2. The lowest BCUT2D eigenvalue weighted by Crippen LogP contribution is -2.27. The van der Waals surface area contributed by atoms with Crippen molar-refractivity contribution in [3.8, 4) is 0 Å². The first-order valence-corrected chi connectivity index (χ1v) is 12.2. The van der Waals surface area contributed by atoms with Crippen LogP contribution >= 0.6 is 0 Å². The molecule has 0 bridgehead atoms. The molecule has 0 saturated heterocycles. The van der Waals surface area contributed by atoms with E-state index in [-0.39, 0.29) is 33.5 Å². The van der Waals surface area contributed by atoms with E-state index in [0.29, 0.717) is 17.5 Å². The van der Waals surface area contributed by atoms with Gasteiger partial charge in [-0.15, -0.1) is 0 Å². The van der Waals surface area contributed by atoms with Crippen LogP contribution in [0.5, 0.6) is 0 Å². The van der Waals surface area contributed by atoms with Gasteiger partial charge in [0.05, 0.1) is 14.7 Å². The second-order valence-electron chi connectivity index (χ2n) is 8.46. The number of nitro benzene ring substituents is 1. The highest BCUT2D eigenvalue weighted by atomic mass is 32.2. The Morgan fingerprint density at radius 1 is 1.09 bits per heavy atom. The summed E-state index contributed by atoms with van der Waals surface area (Å²) >= 11 is 0. The molecule has 9 nitrogen and oxygen atoms in total. The van der Waals surface area contributed by atoms with Gasteiger partial charge in [0, 0.05) is 36.1 Å². The number of sulfone groups is 1. The molecule has 0 amide bonds. The fourth-order valence-electron chi connectivity index (χ4n) is 4.06. The smallest absolute Gasteiger partial charge is 0.269 e. The minimum atomic E-state index is -4.03. The van der Waals surface area contributed by atoms with Crippen LogP contribution in [-0.4, -0.2) is 30.0 Å². The lowest BCUT2D eigenvalue weighted by atomic mass is 9.94. The summed E-state index contributed by atoms with van der Waals surface area (Å²) in [4.78, 5) is 10.4. The predicted molar refractivity (Wildman–Crippen MR) is 130 cm³/mol. The predicted octanol–water partition coefficient (Wildman–Crippen LogP) is 4.25. The molecular weight excluding hydrogens is 470 g/mol. The van der Waals surface area contributed by atoms with Crippen LogP contribution in [0.3, 0.4) is 0 Å². The number of non-ortho nitro benzene ring substituents is 1. The molecule has 35 heavy (non-hydrogen) atoms. The average Bonchev–Trinajstić information content (AvgIpc) is 3.22. The highest BCUT2D eigenvalue weighted by molar-refractivity contribution is 7.95. The SMILES string of the molecule is CC1(Cc2ccccc2)CC(S(=O)(=O)c2ccc([N+](=O)[O-])cc2)=C(c2ccc(/C(N)=N/O)cc2)O1. The molecule has 1 aliphatic rings. The van der Waals surface area contributed by atoms with E-state index in [4.69, 9.17) is 15.7 Å². The fraction of sp³-hybridized carbons (Fsp3) is 0.160. The van der Waals surface area contributed by atoms with Crippen molar-refractivity contribution in [1.82, 2.24) is 0 Å². The van der Waals surface area contributed by atoms with E-state index in [1.807, 2.05) is 37.3 Å². The molecule has 3 aromatic rings. The maximum absolute atomic E-state index is 13.7.